The first-order valence-electron chi connectivity index (χ1n) is 9.29. The van der Waals surface area contributed by atoms with E-state index in [0.717, 1.165) is 36.7 Å². The van der Waals surface area contributed by atoms with E-state index in [2.05, 4.69) is 42.1 Å². The molecule has 142 valence electrons. The van der Waals surface area contributed by atoms with Gasteiger partial charge in [-0.05, 0) is 19.1 Å². The highest BCUT2D eigenvalue weighted by Gasteiger charge is 2.27. The Hall–Kier alpha value is -3.33. The average Bonchev–Trinajstić information content (AvgIpc) is 3.38. The predicted octanol–water partition coefficient (Wildman–Crippen LogP) is 1.88. The molecule has 4 aromatic rings. The second-order valence-corrected chi connectivity index (χ2v) is 6.96. The molecule has 3 aromatic heterocycles. The van der Waals surface area contributed by atoms with Crippen molar-refractivity contribution >= 4 is 11.5 Å². The summed E-state index contributed by atoms with van der Waals surface area (Å²) in [4.78, 5) is 9.15. The molecule has 0 bridgehead atoms. The van der Waals surface area contributed by atoms with E-state index in [1.54, 1.807) is 12.5 Å². The summed E-state index contributed by atoms with van der Waals surface area (Å²) in [5.74, 6) is 2.07. The second kappa shape index (κ2) is 7.01. The van der Waals surface area contributed by atoms with E-state index in [0.29, 0.717) is 18.3 Å². The zero-order chi connectivity index (χ0) is 18.9. The number of hydrogen-bond donors (Lipinski definition) is 0. The van der Waals surface area contributed by atoms with Crippen LogP contribution in [0.5, 0.6) is 0 Å². The molecule has 1 aliphatic rings. The van der Waals surface area contributed by atoms with Gasteiger partial charge in [0.1, 0.15) is 6.33 Å². The fourth-order valence-electron chi connectivity index (χ4n) is 3.65. The number of anilines is 1. The minimum atomic E-state index is 0.278. The molecule has 0 N–H and O–H groups in total. The van der Waals surface area contributed by atoms with Crippen LogP contribution in [0.25, 0.3) is 17.1 Å². The van der Waals surface area contributed by atoms with Crippen molar-refractivity contribution < 1.29 is 4.42 Å². The number of benzene rings is 1. The lowest BCUT2D eigenvalue weighted by Gasteiger charge is -2.39. The van der Waals surface area contributed by atoms with Gasteiger partial charge in [0.25, 0.3) is 0 Å². The lowest BCUT2D eigenvalue weighted by Crippen LogP contribution is -2.52. The molecule has 0 radical (unpaired) electrons. The molecular weight excluding hydrogens is 356 g/mol. The summed E-state index contributed by atoms with van der Waals surface area (Å²) >= 11 is 0. The molecule has 0 unspecified atom stereocenters. The van der Waals surface area contributed by atoms with Crippen LogP contribution in [-0.2, 0) is 6.54 Å². The molecule has 1 fully saturated rings. The summed E-state index contributed by atoms with van der Waals surface area (Å²) in [6, 6.07) is 10.1. The van der Waals surface area contributed by atoms with Crippen molar-refractivity contribution in [1.29, 1.82) is 0 Å². The summed E-state index contributed by atoms with van der Waals surface area (Å²) in [6.45, 7) is 5.43. The van der Waals surface area contributed by atoms with Crippen LogP contribution >= 0.6 is 0 Å². The molecule has 0 spiro atoms. The van der Waals surface area contributed by atoms with E-state index in [4.69, 9.17) is 4.42 Å². The van der Waals surface area contributed by atoms with Crippen molar-refractivity contribution in [2.75, 3.05) is 24.5 Å². The molecule has 28 heavy (non-hydrogen) atoms. The van der Waals surface area contributed by atoms with Crippen molar-refractivity contribution in [2.24, 2.45) is 0 Å². The highest BCUT2D eigenvalue weighted by molar-refractivity contribution is 5.64. The molecule has 1 atom stereocenters. The van der Waals surface area contributed by atoms with Gasteiger partial charge in [-0.2, -0.15) is 0 Å². The van der Waals surface area contributed by atoms with Gasteiger partial charge < -0.3 is 9.32 Å². The Morgan fingerprint density at radius 3 is 2.86 bits per heavy atom. The van der Waals surface area contributed by atoms with Crippen LogP contribution < -0.4 is 4.90 Å². The molecule has 1 aromatic carbocycles. The highest BCUT2D eigenvalue weighted by atomic mass is 16.4. The topological polar surface area (TPSA) is 88.5 Å². The zero-order valence-corrected chi connectivity index (χ0v) is 15.5. The van der Waals surface area contributed by atoms with E-state index in [9.17, 15) is 0 Å². The summed E-state index contributed by atoms with van der Waals surface area (Å²) in [5.41, 5.74) is 1.72. The number of aromatic nitrogens is 6. The SMILES string of the molecule is C[C@H]1CN(Cc2nnc(-c3ccccc3)o2)CCN1c1nccn2cnnc12. The quantitative estimate of drug-likeness (QED) is 0.533. The Bertz CT molecular complexity index is 1080. The van der Waals surface area contributed by atoms with Crippen molar-refractivity contribution in [3.05, 3.63) is 54.9 Å². The number of fused-ring (bicyclic) bond motifs is 1. The van der Waals surface area contributed by atoms with Crippen LogP contribution in [0.3, 0.4) is 0 Å². The van der Waals surface area contributed by atoms with Gasteiger partial charge in [0.05, 0.1) is 6.54 Å². The van der Waals surface area contributed by atoms with Gasteiger partial charge in [0, 0.05) is 43.6 Å². The van der Waals surface area contributed by atoms with Gasteiger partial charge in [-0.3, -0.25) is 9.30 Å². The maximum Gasteiger partial charge on any atom is 0.247 e. The summed E-state index contributed by atoms with van der Waals surface area (Å²) < 4.78 is 7.75. The molecule has 1 aliphatic heterocycles. The minimum Gasteiger partial charge on any atom is -0.419 e. The Labute approximate surface area is 161 Å². The van der Waals surface area contributed by atoms with Crippen molar-refractivity contribution in [1.82, 2.24) is 34.7 Å². The monoisotopic (exact) mass is 376 g/mol. The first kappa shape index (κ1) is 16.8. The van der Waals surface area contributed by atoms with Gasteiger partial charge in [0.15, 0.2) is 5.82 Å². The third-order valence-electron chi connectivity index (χ3n) is 5.03. The smallest absolute Gasteiger partial charge is 0.247 e. The van der Waals surface area contributed by atoms with Crippen molar-refractivity contribution in [2.45, 2.75) is 19.5 Å². The van der Waals surface area contributed by atoms with Crippen LogP contribution in [0.4, 0.5) is 5.82 Å². The lowest BCUT2D eigenvalue weighted by molar-refractivity contribution is 0.202. The molecule has 9 heteroatoms. The zero-order valence-electron chi connectivity index (χ0n) is 15.5. The summed E-state index contributed by atoms with van der Waals surface area (Å²) in [7, 11) is 0. The Morgan fingerprint density at radius 2 is 2.00 bits per heavy atom. The maximum atomic E-state index is 5.85. The fourth-order valence-corrected chi connectivity index (χ4v) is 3.65. The number of nitrogens with zero attached hydrogens (tertiary/aromatic N) is 8. The van der Waals surface area contributed by atoms with E-state index < -0.39 is 0 Å². The number of rotatable bonds is 4. The van der Waals surface area contributed by atoms with E-state index in [-0.39, 0.29) is 6.04 Å². The molecule has 5 rings (SSSR count). The van der Waals surface area contributed by atoms with Gasteiger partial charge in [-0.1, -0.05) is 18.2 Å². The number of hydrogen-bond acceptors (Lipinski definition) is 8. The normalized spacial score (nSPS) is 18.0. The minimum absolute atomic E-state index is 0.278. The van der Waals surface area contributed by atoms with Gasteiger partial charge >= 0.3 is 0 Å². The van der Waals surface area contributed by atoms with Crippen LogP contribution in [0.2, 0.25) is 0 Å². The van der Waals surface area contributed by atoms with Crippen LogP contribution in [0, 0.1) is 0 Å². The number of piperazine rings is 1. The lowest BCUT2D eigenvalue weighted by atomic mass is 10.2. The fraction of sp³-hybridized carbons (Fsp3) is 0.316. The van der Waals surface area contributed by atoms with Crippen LogP contribution in [0.15, 0.2) is 53.5 Å². The standard InChI is InChI=1S/C19H20N8O/c1-14-11-25(12-16-22-24-19(28-16)15-5-3-2-4-6-15)9-10-27(14)17-18-23-21-13-26(18)8-7-20-17/h2-8,13-14H,9-12H2,1H3/t14-/m0/s1. The molecule has 1 saturated heterocycles. The molecule has 0 saturated carbocycles. The van der Waals surface area contributed by atoms with Gasteiger partial charge in [-0.25, -0.2) is 4.98 Å². The Morgan fingerprint density at radius 1 is 1.11 bits per heavy atom. The van der Waals surface area contributed by atoms with E-state index >= 15 is 0 Å². The Kier molecular flexibility index (Phi) is 4.21. The van der Waals surface area contributed by atoms with Crippen LogP contribution in [-0.4, -0.2) is 60.4 Å². The first-order valence-corrected chi connectivity index (χ1v) is 9.29. The molecule has 0 amide bonds. The van der Waals surface area contributed by atoms with Gasteiger partial charge in [-0.15, -0.1) is 20.4 Å². The maximum absolute atomic E-state index is 5.85. The van der Waals surface area contributed by atoms with Crippen molar-refractivity contribution in [3.8, 4) is 11.5 Å². The van der Waals surface area contributed by atoms with E-state index in [1.807, 2.05) is 40.9 Å². The second-order valence-electron chi connectivity index (χ2n) is 6.96. The molecule has 0 aliphatic carbocycles. The molecule has 9 nitrogen and oxygen atoms in total. The van der Waals surface area contributed by atoms with Crippen molar-refractivity contribution in [3.63, 3.8) is 0 Å². The van der Waals surface area contributed by atoms with Gasteiger partial charge in [0.2, 0.25) is 17.4 Å². The predicted molar refractivity (Wildman–Crippen MR) is 103 cm³/mol. The Balaban J connectivity index is 1.28. The van der Waals surface area contributed by atoms with E-state index in [1.165, 1.54) is 0 Å². The highest BCUT2D eigenvalue weighted by Crippen LogP contribution is 2.23. The third kappa shape index (κ3) is 3.09. The molecule has 4 heterocycles. The summed E-state index contributed by atoms with van der Waals surface area (Å²) in [5, 5.41) is 16.6. The van der Waals surface area contributed by atoms with Crippen LogP contribution in [0.1, 0.15) is 12.8 Å². The third-order valence-corrected chi connectivity index (χ3v) is 5.03. The largest absolute Gasteiger partial charge is 0.419 e. The summed E-state index contributed by atoms with van der Waals surface area (Å²) in [6.07, 6.45) is 5.34. The first-order chi connectivity index (χ1) is 13.8. The molecular formula is C19H20N8O. The average molecular weight is 376 g/mol.